The summed E-state index contributed by atoms with van der Waals surface area (Å²) in [7, 11) is 0. The van der Waals surface area contributed by atoms with Gasteiger partial charge in [-0.25, -0.2) is 8.78 Å². The van der Waals surface area contributed by atoms with Crippen molar-refractivity contribution in [3.05, 3.63) is 40.4 Å². The smallest absolute Gasteiger partial charge is 0.150 e. The molecule has 1 aliphatic carbocycles. The lowest BCUT2D eigenvalue weighted by atomic mass is 9.94. The molecule has 1 atom stereocenters. The fraction of sp³-hybridized carbons (Fsp3) is 0.385. The van der Waals surface area contributed by atoms with Gasteiger partial charge in [-0.05, 0) is 47.2 Å². The van der Waals surface area contributed by atoms with Gasteiger partial charge in [0.1, 0.15) is 11.6 Å². The predicted molar refractivity (Wildman–Crippen MR) is 69.0 cm³/mol. The second kappa shape index (κ2) is 5.63. The Morgan fingerprint density at radius 3 is 2.76 bits per heavy atom. The van der Waals surface area contributed by atoms with Crippen molar-refractivity contribution in [3.63, 3.8) is 0 Å². The van der Waals surface area contributed by atoms with Gasteiger partial charge >= 0.3 is 0 Å². The lowest BCUT2D eigenvalue weighted by molar-refractivity contribution is 0.502. The molecule has 0 aliphatic heterocycles. The maximum Gasteiger partial charge on any atom is 0.150 e. The standard InChI is InChI=1S/C13H14BrF2N/c14-11-6-10(15)7-12(16)13(11)17-8-9-4-2-1-3-5-9/h1-2,6-7,9,17H,3-5,8H2. The number of anilines is 1. The highest BCUT2D eigenvalue weighted by molar-refractivity contribution is 9.10. The normalized spacial score (nSPS) is 19.4. The quantitative estimate of drug-likeness (QED) is 0.811. The van der Waals surface area contributed by atoms with Crippen molar-refractivity contribution >= 4 is 21.6 Å². The number of hydrogen-bond donors (Lipinski definition) is 1. The fourth-order valence-electron chi connectivity index (χ4n) is 2.00. The van der Waals surface area contributed by atoms with E-state index in [-0.39, 0.29) is 0 Å². The van der Waals surface area contributed by atoms with Crippen LogP contribution in [0.5, 0.6) is 0 Å². The zero-order valence-corrected chi connectivity index (χ0v) is 10.9. The van der Waals surface area contributed by atoms with E-state index in [1.165, 1.54) is 6.07 Å². The SMILES string of the molecule is Fc1cc(F)c(NCC2CC=CCC2)c(Br)c1. The van der Waals surface area contributed by atoms with E-state index < -0.39 is 11.6 Å². The Morgan fingerprint density at radius 1 is 1.29 bits per heavy atom. The largest absolute Gasteiger partial charge is 0.381 e. The Hall–Kier alpha value is -0.900. The minimum absolute atomic E-state index is 0.348. The molecule has 92 valence electrons. The van der Waals surface area contributed by atoms with E-state index in [9.17, 15) is 8.78 Å². The zero-order chi connectivity index (χ0) is 12.3. The van der Waals surface area contributed by atoms with Gasteiger partial charge in [-0.15, -0.1) is 0 Å². The molecule has 0 aromatic heterocycles. The fourth-order valence-corrected chi connectivity index (χ4v) is 2.55. The Balaban J connectivity index is 2.01. The van der Waals surface area contributed by atoms with Gasteiger partial charge in [-0.2, -0.15) is 0 Å². The van der Waals surface area contributed by atoms with Gasteiger partial charge in [0.05, 0.1) is 5.69 Å². The summed E-state index contributed by atoms with van der Waals surface area (Å²) in [5.74, 6) is -0.597. The highest BCUT2D eigenvalue weighted by Gasteiger charge is 2.13. The lowest BCUT2D eigenvalue weighted by Gasteiger charge is -2.19. The van der Waals surface area contributed by atoms with Crippen LogP contribution in [0.4, 0.5) is 14.5 Å². The molecule has 0 bridgehead atoms. The van der Waals surface area contributed by atoms with Crippen LogP contribution in [0.2, 0.25) is 0 Å². The number of rotatable bonds is 3. The van der Waals surface area contributed by atoms with Crippen LogP contribution in [0.15, 0.2) is 28.8 Å². The Morgan fingerprint density at radius 2 is 2.12 bits per heavy atom. The van der Waals surface area contributed by atoms with Gasteiger partial charge in [-0.1, -0.05) is 12.2 Å². The Kier molecular flexibility index (Phi) is 4.15. The maximum atomic E-state index is 13.5. The van der Waals surface area contributed by atoms with Crippen LogP contribution in [-0.2, 0) is 0 Å². The molecule has 17 heavy (non-hydrogen) atoms. The second-order valence-electron chi connectivity index (χ2n) is 4.28. The summed E-state index contributed by atoms with van der Waals surface area (Å²) in [6.07, 6.45) is 7.55. The number of halogens is 3. The summed E-state index contributed by atoms with van der Waals surface area (Å²) in [5, 5.41) is 3.06. The maximum absolute atomic E-state index is 13.5. The van der Waals surface area contributed by atoms with Crippen LogP contribution in [0.25, 0.3) is 0 Å². The van der Waals surface area contributed by atoms with Gasteiger partial charge in [0, 0.05) is 17.1 Å². The number of nitrogens with one attached hydrogen (secondary N) is 1. The van der Waals surface area contributed by atoms with Crippen LogP contribution >= 0.6 is 15.9 Å². The molecule has 0 saturated heterocycles. The molecule has 0 fully saturated rings. The molecule has 2 rings (SSSR count). The van der Waals surface area contributed by atoms with E-state index >= 15 is 0 Å². The average Bonchev–Trinajstić information content (AvgIpc) is 2.29. The molecule has 1 unspecified atom stereocenters. The topological polar surface area (TPSA) is 12.0 Å². The van der Waals surface area contributed by atoms with E-state index in [0.29, 0.717) is 22.6 Å². The zero-order valence-electron chi connectivity index (χ0n) is 9.35. The van der Waals surface area contributed by atoms with Crippen molar-refractivity contribution in [1.82, 2.24) is 0 Å². The molecule has 1 aromatic carbocycles. The monoisotopic (exact) mass is 301 g/mol. The van der Waals surface area contributed by atoms with Crippen molar-refractivity contribution < 1.29 is 8.78 Å². The Bertz CT molecular complexity index is 408. The average molecular weight is 302 g/mol. The van der Waals surface area contributed by atoms with E-state index in [1.807, 2.05) is 0 Å². The van der Waals surface area contributed by atoms with Gasteiger partial charge in [0.15, 0.2) is 0 Å². The van der Waals surface area contributed by atoms with Gasteiger partial charge in [-0.3, -0.25) is 0 Å². The lowest BCUT2D eigenvalue weighted by Crippen LogP contribution is -2.16. The molecule has 0 saturated carbocycles. The van der Waals surface area contributed by atoms with Gasteiger partial charge in [0.2, 0.25) is 0 Å². The third kappa shape index (κ3) is 3.28. The summed E-state index contributed by atoms with van der Waals surface area (Å²) in [6, 6.07) is 2.17. The molecular weight excluding hydrogens is 288 g/mol. The molecule has 1 aromatic rings. The summed E-state index contributed by atoms with van der Waals surface area (Å²) in [5.41, 5.74) is 0.348. The molecule has 0 amide bonds. The van der Waals surface area contributed by atoms with Crippen molar-refractivity contribution in [2.75, 3.05) is 11.9 Å². The van der Waals surface area contributed by atoms with Crippen molar-refractivity contribution in [2.45, 2.75) is 19.3 Å². The molecule has 0 spiro atoms. The summed E-state index contributed by atoms with van der Waals surface area (Å²) in [6.45, 7) is 0.714. The molecule has 0 radical (unpaired) electrons. The number of allylic oxidation sites excluding steroid dienone is 2. The highest BCUT2D eigenvalue weighted by Crippen LogP contribution is 2.28. The molecule has 4 heteroatoms. The summed E-state index contributed by atoms with van der Waals surface area (Å²) >= 11 is 3.17. The van der Waals surface area contributed by atoms with Crippen LogP contribution in [0.3, 0.4) is 0 Å². The van der Waals surface area contributed by atoms with Crippen molar-refractivity contribution in [3.8, 4) is 0 Å². The second-order valence-corrected chi connectivity index (χ2v) is 5.13. The summed E-state index contributed by atoms with van der Waals surface area (Å²) < 4.78 is 26.8. The first-order valence-electron chi connectivity index (χ1n) is 5.70. The predicted octanol–water partition coefficient (Wildman–Crippen LogP) is 4.50. The van der Waals surface area contributed by atoms with Crippen LogP contribution < -0.4 is 5.32 Å². The van der Waals surface area contributed by atoms with Crippen molar-refractivity contribution in [1.29, 1.82) is 0 Å². The third-order valence-corrected chi connectivity index (χ3v) is 3.58. The van der Waals surface area contributed by atoms with Gasteiger partial charge < -0.3 is 5.32 Å². The third-order valence-electron chi connectivity index (χ3n) is 2.95. The number of hydrogen-bond acceptors (Lipinski definition) is 1. The van der Waals surface area contributed by atoms with Crippen LogP contribution in [-0.4, -0.2) is 6.54 Å². The highest BCUT2D eigenvalue weighted by atomic mass is 79.9. The Labute approximate surface area is 108 Å². The first kappa shape index (κ1) is 12.6. The van der Waals surface area contributed by atoms with Gasteiger partial charge in [0.25, 0.3) is 0 Å². The van der Waals surface area contributed by atoms with Crippen LogP contribution in [0.1, 0.15) is 19.3 Å². The van der Waals surface area contributed by atoms with E-state index in [4.69, 9.17) is 0 Å². The molecule has 1 aliphatic rings. The first-order valence-corrected chi connectivity index (χ1v) is 6.49. The van der Waals surface area contributed by atoms with E-state index in [2.05, 4.69) is 33.4 Å². The first-order chi connectivity index (χ1) is 8.16. The van der Waals surface area contributed by atoms with E-state index in [1.54, 1.807) is 0 Å². The van der Waals surface area contributed by atoms with E-state index in [0.717, 1.165) is 25.3 Å². The molecule has 1 N–H and O–H groups in total. The number of benzene rings is 1. The molecular formula is C13H14BrF2N. The van der Waals surface area contributed by atoms with Crippen molar-refractivity contribution in [2.24, 2.45) is 5.92 Å². The molecule has 0 heterocycles. The van der Waals surface area contributed by atoms with Crippen LogP contribution in [0, 0.1) is 17.6 Å². The minimum Gasteiger partial charge on any atom is -0.381 e. The minimum atomic E-state index is -0.569. The molecule has 1 nitrogen and oxygen atoms in total. The summed E-state index contributed by atoms with van der Waals surface area (Å²) in [4.78, 5) is 0.